The van der Waals surface area contributed by atoms with Crippen LogP contribution in [0.1, 0.15) is 25.0 Å². The maximum atomic E-state index is 12.9. The molecular formula is C20H31N3O4S. The van der Waals surface area contributed by atoms with Gasteiger partial charge in [-0.1, -0.05) is 6.07 Å². The molecule has 2 aliphatic rings. The molecule has 2 heterocycles. The van der Waals surface area contributed by atoms with Crippen molar-refractivity contribution in [1.82, 2.24) is 14.1 Å². The minimum absolute atomic E-state index is 0.0488. The lowest BCUT2D eigenvalue weighted by atomic mass is 10.1. The van der Waals surface area contributed by atoms with Crippen molar-refractivity contribution >= 4 is 15.9 Å². The molecule has 2 saturated heterocycles. The van der Waals surface area contributed by atoms with E-state index in [0.29, 0.717) is 50.7 Å². The van der Waals surface area contributed by atoms with Crippen molar-refractivity contribution in [3.8, 4) is 0 Å². The monoisotopic (exact) mass is 409 g/mol. The number of piperazine rings is 1. The van der Waals surface area contributed by atoms with Gasteiger partial charge in [-0.2, -0.15) is 4.31 Å². The fraction of sp³-hybridized carbons (Fsp3) is 0.650. The first-order valence-electron chi connectivity index (χ1n) is 9.90. The van der Waals surface area contributed by atoms with E-state index in [9.17, 15) is 13.2 Å². The molecular weight excluding hydrogens is 378 g/mol. The number of benzene rings is 1. The van der Waals surface area contributed by atoms with Gasteiger partial charge in [0.05, 0.1) is 23.6 Å². The molecule has 8 heteroatoms. The van der Waals surface area contributed by atoms with Crippen LogP contribution in [0.2, 0.25) is 0 Å². The van der Waals surface area contributed by atoms with Gasteiger partial charge in [-0.25, -0.2) is 8.42 Å². The maximum absolute atomic E-state index is 12.9. The number of amides is 1. The fourth-order valence-electron chi connectivity index (χ4n) is 3.82. The van der Waals surface area contributed by atoms with Gasteiger partial charge in [0.2, 0.25) is 15.9 Å². The molecule has 1 aromatic carbocycles. The molecule has 2 fully saturated rings. The third-order valence-electron chi connectivity index (χ3n) is 5.58. The zero-order valence-electron chi connectivity index (χ0n) is 17.2. The minimum Gasteiger partial charge on any atom is -0.372 e. The van der Waals surface area contributed by atoms with Crippen LogP contribution in [0.5, 0.6) is 0 Å². The molecule has 7 nitrogen and oxygen atoms in total. The topological polar surface area (TPSA) is 70.2 Å². The molecule has 0 radical (unpaired) electrons. The molecule has 2 aliphatic heterocycles. The lowest BCUT2D eigenvalue weighted by Crippen LogP contribution is -2.54. The Balaban J connectivity index is 1.56. The first kappa shape index (κ1) is 21.2. The number of carbonyl (C=O) groups excluding carboxylic acids is 1. The average molecular weight is 410 g/mol. The zero-order valence-corrected chi connectivity index (χ0v) is 18.0. The van der Waals surface area contributed by atoms with E-state index in [2.05, 4.69) is 0 Å². The number of aryl methyl sites for hydroxylation is 2. The van der Waals surface area contributed by atoms with Crippen LogP contribution in [0.3, 0.4) is 0 Å². The second kappa shape index (κ2) is 8.49. The summed E-state index contributed by atoms with van der Waals surface area (Å²) in [5, 5.41) is 0. The van der Waals surface area contributed by atoms with Gasteiger partial charge in [-0.3, -0.25) is 9.69 Å². The molecule has 0 saturated carbocycles. The summed E-state index contributed by atoms with van der Waals surface area (Å²) in [4.78, 5) is 16.9. The van der Waals surface area contributed by atoms with Crippen molar-refractivity contribution in [2.75, 3.05) is 45.8 Å². The molecule has 0 N–H and O–H groups in total. The summed E-state index contributed by atoms with van der Waals surface area (Å²) < 4.78 is 33.0. The lowest BCUT2D eigenvalue weighted by molar-refractivity contribution is -0.144. The molecule has 0 unspecified atom stereocenters. The van der Waals surface area contributed by atoms with E-state index in [-0.39, 0.29) is 18.1 Å². The van der Waals surface area contributed by atoms with Gasteiger partial charge in [-0.05, 0) is 51.0 Å². The number of ether oxygens (including phenoxy) is 1. The third-order valence-corrected chi connectivity index (χ3v) is 7.47. The van der Waals surface area contributed by atoms with Crippen molar-refractivity contribution in [1.29, 1.82) is 0 Å². The van der Waals surface area contributed by atoms with Crippen LogP contribution in [-0.2, 0) is 19.6 Å². The highest BCUT2D eigenvalue weighted by atomic mass is 32.2. The van der Waals surface area contributed by atoms with Gasteiger partial charge in [-0.15, -0.1) is 0 Å². The van der Waals surface area contributed by atoms with Gasteiger partial charge < -0.3 is 9.64 Å². The number of rotatable bonds is 4. The number of morpholine rings is 1. The van der Waals surface area contributed by atoms with Crippen LogP contribution in [-0.4, -0.2) is 86.5 Å². The van der Waals surface area contributed by atoms with Gasteiger partial charge in [0.15, 0.2) is 0 Å². The molecule has 3 rings (SSSR count). The van der Waals surface area contributed by atoms with Crippen molar-refractivity contribution in [3.05, 3.63) is 29.3 Å². The standard InChI is InChI=1S/C20H31N3O4S/c1-15-5-6-19(11-16(15)2)28(25,26)23-9-7-21(8-10-23)14-20(24)22-12-17(3)27-18(4)13-22/h5-6,11,17-18H,7-10,12-14H2,1-4H3/t17-,18-/m0/s1. The number of carbonyl (C=O) groups is 1. The summed E-state index contributed by atoms with van der Waals surface area (Å²) in [5.74, 6) is 0.0902. The lowest BCUT2D eigenvalue weighted by Gasteiger charge is -2.38. The van der Waals surface area contributed by atoms with Crippen molar-refractivity contribution in [3.63, 3.8) is 0 Å². The van der Waals surface area contributed by atoms with E-state index in [1.165, 1.54) is 4.31 Å². The van der Waals surface area contributed by atoms with Gasteiger partial charge in [0, 0.05) is 39.3 Å². The van der Waals surface area contributed by atoms with Crippen molar-refractivity contribution in [2.45, 2.75) is 44.8 Å². The number of hydrogen-bond donors (Lipinski definition) is 0. The summed E-state index contributed by atoms with van der Waals surface area (Å²) >= 11 is 0. The molecule has 1 amide bonds. The second-order valence-electron chi connectivity index (χ2n) is 7.98. The molecule has 2 atom stereocenters. The Kier molecular flexibility index (Phi) is 6.44. The van der Waals surface area contributed by atoms with E-state index in [1.54, 1.807) is 12.1 Å². The predicted molar refractivity (Wildman–Crippen MR) is 108 cm³/mol. The zero-order chi connectivity index (χ0) is 20.5. The van der Waals surface area contributed by atoms with Crippen LogP contribution in [0.4, 0.5) is 0 Å². The van der Waals surface area contributed by atoms with E-state index in [4.69, 9.17) is 4.74 Å². The quantitative estimate of drug-likeness (QED) is 0.749. The number of sulfonamides is 1. The van der Waals surface area contributed by atoms with Crippen molar-refractivity contribution < 1.29 is 17.9 Å². The third kappa shape index (κ3) is 4.74. The molecule has 0 aromatic heterocycles. The van der Waals surface area contributed by atoms with Crippen molar-refractivity contribution in [2.24, 2.45) is 0 Å². The highest BCUT2D eigenvalue weighted by molar-refractivity contribution is 7.89. The first-order chi connectivity index (χ1) is 13.2. The Labute approximate surface area is 168 Å². The Hall–Kier alpha value is -1.48. The fourth-order valence-corrected chi connectivity index (χ4v) is 5.33. The van der Waals surface area contributed by atoms with Gasteiger partial charge in [0.1, 0.15) is 0 Å². The minimum atomic E-state index is -3.49. The number of nitrogens with zero attached hydrogens (tertiary/aromatic N) is 3. The molecule has 0 spiro atoms. The Morgan fingerprint density at radius 3 is 2.21 bits per heavy atom. The van der Waals surface area contributed by atoms with Crippen LogP contribution >= 0.6 is 0 Å². The van der Waals surface area contributed by atoms with Crippen LogP contribution in [0.25, 0.3) is 0 Å². The molecule has 0 bridgehead atoms. The molecule has 1 aromatic rings. The van der Waals surface area contributed by atoms with E-state index in [0.717, 1.165) is 11.1 Å². The Morgan fingerprint density at radius 1 is 1.04 bits per heavy atom. The van der Waals surface area contributed by atoms with Gasteiger partial charge in [0.25, 0.3) is 0 Å². The highest BCUT2D eigenvalue weighted by Crippen LogP contribution is 2.20. The maximum Gasteiger partial charge on any atom is 0.243 e. The van der Waals surface area contributed by atoms with Crippen LogP contribution in [0, 0.1) is 13.8 Å². The first-order valence-corrected chi connectivity index (χ1v) is 11.3. The summed E-state index contributed by atoms with van der Waals surface area (Å²) in [6.07, 6.45) is 0.0975. The average Bonchev–Trinajstić information content (AvgIpc) is 2.63. The smallest absolute Gasteiger partial charge is 0.243 e. The van der Waals surface area contributed by atoms with Crippen LogP contribution in [0.15, 0.2) is 23.1 Å². The summed E-state index contributed by atoms with van der Waals surface area (Å²) in [5.41, 5.74) is 2.05. The SMILES string of the molecule is Cc1ccc(S(=O)(=O)N2CCN(CC(=O)N3C[C@H](C)O[C@@H](C)C3)CC2)cc1C. The highest BCUT2D eigenvalue weighted by Gasteiger charge is 2.31. The number of hydrogen-bond acceptors (Lipinski definition) is 5. The van der Waals surface area contributed by atoms with Gasteiger partial charge >= 0.3 is 0 Å². The summed E-state index contributed by atoms with van der Waals surface area (Å²) in [6, 6.07) is 5.26. The molecule has 0 aliphatic carbocycles. The largest absolute Gasteiger partial charge is 0.372 e. The second-order valence-corrected chi connectivity index (χ2v) is 9.92. The molecule has 156 valence electrons. The summed E-state index contributed by atoms with van der Waals surface area (Å²) in [6.45, 7) is 11.3. The van der Waals surface area contributed by atoms with E-state index >= 15 is 0 Å². The van der Waals surface area contributed by atoms with E-state index < -0.39 is 10.0 Å². The normalized spacial score (nSPS) is 25.1. The van der Waals surface area contributed by atoms with Crippen LogP contribution < -0.4 is 0 Å². The molecule has 28 heavy (non-hydrogen) atoms. The Bertz CT molecular complexity index is 809. The van der Waals surface area contributed by atoms with E-state index in [1.807, 2.05) is 43.6 Å². The Morgan fingerprint density at radius 2 is 1.64 bits per heavy atom. The summed E-state index contributed by atoms with van der Waals surface area (Å²) in [7, 11) is -3.49. The predicted octanol–water partition coefficient (Wildman–Crippen LogP) is 1.25.